The molecule has 1 aliphatic carbocycles. The van der Waals surface area contributed by atoms with Crippen LogP contribution in [0.5, 0.6) is 0 Å². The first kappa shape index (κ1) is 7.11. The van der Waals surface area contributed by atoms with Crippen LogP contribution in [0.25, 0.3) is 0 Å². The zero-order valence-corrected chi connectivity index (χ0v) is 6.56. The first-order valence-electron chi connectivity index (χ1n) is 4.20. The minimum atomic E-state index is 1.01. The smallest absolute Gasteiger partial charge is 0.0352 e. The fraction of sp³-hybridized carbons (Fsp3) is 0.889. The average Bonchev–Trinajstić information content (AvgIpc) is 2.66. The van der Waals surface area contributed by atoms with Crippen molar-refractivity contribution in [3.63, 3.8) is 0 Å². The van der Waals surface area contributed by atoms with E-state index >= 15 is 0 Å². The van der Waals surface area contributed by atoms with E-state index in [1.165, 1.54) is 25.7 Å². The molecule has 0 amide bonds. The van der Waals surface area contributed by atoms with Crippen LogP contribution in [-0.2, 0) is 0 Å². The van der Waals surface area contributed by atoms with Crippen molar-refractivity contribution < 1.29 is 0 Å². The summed E-state index contributed by atoms with van der Waals surface area (Å²) in [6.45, 7) is 4.60. The highest BCUT2D eigenvalue weighted by Crippen LogP contribution is 2.35. The van der Waals surface area contributed by atoms with Gasteiger partial charge in [0, 0.05) is 0 Å². The molecular formula is C9H17. The van der Waals surface area contributed by atoms with Crippen molar-refractivity contribution in [2.24, 2.45) is 11.8 Å². The van der Waals surface area contributed by atoms with Crippen molar-refractivity contribution in [1.29, 1.82) is 0 Å². The van der Waals surface area contributed by atoms with Crippen LogP contribution in [0.4, 0.5) is 0 Å². The van der Waals surface area contributed by atoms with Gasteiger partial charge >= 0.3 is 0 Å². The molecule has 1 saturated carbocycles. The molecule has 1 atom stereocenters. The topological polar surface area (TPSA) is 0 Å². The molecule has 0 spiro atoms. The Hall–Kier alpha value is 0. The maximum atomic E-state index is 2.43. The molecule has 53 valence electrons. The van der Waals surface area contributed by atoms with Crippen molar-refractivity contribution in [3.8, 4) is 0 Å². The SMILES string of the molecule is CCC(CC)CC1[CH]C1. The fourth-order valence-corrected chi connectivity index (χ4v) is 1.34. The fourth-order valence-electron chi connectivity index (χ4n) is 1.34. The molecule has 1 fully saturated rings. The van der Waals surface area contributed by atoms with Gasteiger partial charge in [-0.25, -0.2) is 0 Å². The third-order valence-electron chi connectivity index (χ3n) is 2.36. The molecule has 1 rings (SSSR count). The molecule has 0 heteroatoms. The van der Waals surface area contributed by atoms with Gasteiger partial charge in [0.25, 0.3) is 0 Å². The van der Waals surface area contributed by atoms with Gasteiger partial charge in [-0.1, -0.05) is 26.7 Å². The molecule has 0 aliphatic heterocycles. The third-order valence-corrected chi connectivity index (χ3v) is 2.36. The summed E-state index contributed by atoms with van der Waals surface area (Å²) in [7, 11) is 0. The maximum Gasteiger partial charge on any atom is -0.0352 e. The second kappa shape index (κ2) is 3.24. The Balaban J connectivity index is 2.05. The highest BCUT2D eigenvalue weighted by molar-refractivity contribution is 4.95. The molecule has 0 heterocycles. The zero-order chi connectivity index (χ0) is 6.69. The third kappa shape index (κ3) is 2.38. The van der Waals surface area contributed by atoms with Crippen molar-refractivity contribution in [3.05, 3.63) is 6.42 Å². The van der Waals surface area contributed by atoms with Crippen LogP contribution in [0, 0.1) is 18.3 Å². The van der Waals surface area contributed by atoms with Crippen LogP contribution in [-0.4, -0.2) is 0 Å². The van der Waals surface area contributed by atoms with Gasteiger partial charge in [0.15, 0.2) is 0 Å². The van der Waals surface area contributed by atoms with E-state index in [0.29, 0.717) is 0 Å². The van der Waals surface area contributed by atoms with E-state index in [9.17, 15) is 0 Å². The van der Waals surface area contributed by atoms with E-state index in [2.05, 4.69) is 20.3 Å². The molecule has 1 radical (unpaired) electrons. The average molecular weight is 125 g/mol. The molecule has 0 N–H and O–H groups in total. The van der Waals surface area contributed by atoms with Gasteiger partial charge in [-0.15, -0.1) is 0 Å². The van der Waals surface area contributed by atoms with E-state index in [1.54, 1.807) is 0 Å². The maximum absolute atomic E-state index is 2.43. The lowest BCUT2D eigenvalue weighted by Gasteiger charge is -2.09. The van der Waals surface area contributed by atoms with Crippen LogP contribution in [0.2, 0.25) is 0 Å². The molecule has 0 aromatic rings. The summed E-state index contributed by atoms with van der Waals surface area (Å²) in [5.74, 6) is 2.02. The van der Waals surface area contributed by atoms with Gasteiger partial charge < -0.3 is 0 Å². The van der Waals surface area contributed by atoms with Crippen molar-refractivity contribution in [2.75, 3.05) is 0 Å². The van der Waals surface area contributed by atoms with Gasteiger partial charge in [0.2, 0.25) is 0 Å². The van der Waals surface area contributed by atoms with Crippen LogP contribution >= 0.6 is 0 Å². The van der Waals surface area contributed by atoms with E-state index in [-0.39, 0.29) is 0 Å². The van der Waals surface area contributed by atoms with Crippen LogP contribution in [0.3, 0.4) is 0 Å². The Bertz CT molecular complexity index is 68.1. The van der Waals surface area contributed by atoms with E-state index in [0.717, 1.165) is 11.8 Å². The quantitative estimate of drug-likeness (QED) is 0.541. The van der Waals surface area contributed by atoms with Gasteiger partial charge in [-0.05, 0) is 31.1 Å². The van der Waals surface area contributed by atoms with E-state index in [1.807, 2.05) is 0 Å². The monoisotopic (exact) mass is 125 g/mol. The highest BCUT2D eigenvalue weighted by atomic mass is 14.3. The molecule has 1 unspecified atom stereocenters. The van der Waals surface area contributed by atoms with Crippen molar-refractivity contribution in [1.82, 2.24) is 0 Å². The predicted molar refractivity (Wildman–Crippen MR) is 41.1 cm³/mol. The van der Waals surface area contributed by atoms with Gasteiger partial charge in [-0.2, -0.15) is 0 Å². The summed E-state index contributed by atoms with van der Waals surface area (Å²) in [6.07, 6.45) is 8.05. The lowest BCUT2D eigenvalue weighted by Crippen LogP contribution is -1.96. The second-order valence-corrected chi connectivity index (χ2v) is 3.15. The van der Waals surface area contributed by atoms with Crippen molar-refractivity contribution >= 4 is 0 Å². The van der Waals surface area contributed by atoms with E-state index < -0.39 is 0 Å². The summed E-state index contributed by atoms with van der Waals surface area (Å²) < 4.78 is 0. The predicted octanol–water partition coefficient (Wildman–Crippen LogP) is 3.04. The summed E-state index contributed by atoms with van der Waals surface area (Å²) in [5, 5.41) is 0. The Morgan fingerprint density at radius 1 is 1.44 bits per heavy atom. The minimum absolute atomic E-state index is 1.01. The molecule has 0 bridgehead atoms. The summed E-state index contributed by atoms with van der Waals surface area (Å²) >= 11 is 0. The summed E-state index contributed by atoms with van der Waals surface area (Å²) in [4.78, 5) is 0. The zero-order valence-electron chi connectivity index (χ0n) is 6.56. The van der Waals surface area contributed by atoms with Gasteiger partial charge in [-0.3, -0.25) is 0 Å². The lowest BCUT2D eigenvalue weighted by atomic mass is 9.97. The Morgan fingerprint density at radius 3 is 2.33 bits per heavy atom. The Kier molecular flexibility index (Phi) is 2.56. The van der Waals surface area contributed by atoms with Crippen LogP contribution in [0.15, 0.2) is 0 Å². The normalized spacial score (nSPS) is 19.0. The highest BCUT2D eigenvalue weighted by Gasteiger charge is 2.23. The number of hydrogen-bond donors (Lipinski definition) is 0. The lowest BCUT2D eigenvalue weighted by molar-refractivity contribution is 0.435. The largest absolute Gasteiger partial charge is 0.0651 e. The molecule has 1 aliphatic rings. The molecule has 9 heavy (non-hydrogen) atoms. The molecule has 0 nitrogen and oxygen atoms in total. The first-order valence-corrected chi connectivity index (χ1v) is 4.20. The van der Waals surface area contributed by atoms with Gasteiger partial charge in [0.1, 0.15) is 0 Å². The number of hydrogen-bond acceptors (Lipinski definition) is 0. The van der Waals surface area contributed by atoms with Crippen LogP contribution in [0.1, 0.15) is 39.5 Å². The Morgan fingerprint density at radius 2 is 2.00 bits per heavy atom. The Labute approximate surface area is 58.7 Å². The van der Waals surface area contributed by atoms with Crippen molar-refractivity contribution in [2.45, 2.75) is 39.5 Å². The summed E-state index contributed by atoms with van der Waals surface area (Å²) in [5.41, 5.74) is 0. The minimum Gasteiger partial charge on any atom is -0.0651 e. The van der Waals surface area contributed by atoms with Gasteiger partial charge in [0.05, 0.1) is 0 Å². The van der Waals surface area contributed by atoms with Crippen LogP contribution < -0.4 is 0 Å². The standard InChI is InChI=1S/C9H17/c1-3-8(4-2)7-9-5-6-9/h5,8-9H,3-4,6-7H2,1-2H3. The molecule has 0 aromatic carbocycles. The second-order valence-electron chi connectivity index (χ2n) is 3.15. The molecular weight excluding hydrogens is 108 g/mol. The first-order chi connectivity index (χ1) is 4.36. The summed E-state index contributed by atoms with van der Waals surface area (Å²) in [6, 6.07) is 0. The molecule has 0 saturated heterocycles. The number of rotatable bonds is 4. The van der Waals surface area contributed by atoms with E-state index in [4.69, 9.17) is 0 Å². The molecule has 0 aromatic heterocycles.